The van der Waals surface area contributed by atoms with Gasteiger partial charge >= 0.3 is 0 Å². The van der Waals surface area contributed by atoms with Crippen molar-refractivity contribution in [1.82, 2.24) is 15.0 Å². The summed E-state index contributed by atoms with van der Waals surface area (Å²) in [6, 6.07) is 0.369. The number of nitrogens with one attached hydrogen (secondary N) is 1. The first-order valence-corrected chi connectivity index (χ1v) is 8.44. The topological polar surface area (TPSA) is 53.9 Å². The zero-order chi connectivity index (χ0) is 15.2. The molecule has 1 N–H and O–H groups in total. The Kier molecular flexibility index (Phi) is 6.03. The van der Waals surface area contributed by atoms with E-state index >= 15 is 0 Å². The Hall–Kier alpha value is -1.10. The predicted octanol–water partition coefficient (Wildman–Crippen LogP) is 3.75. The fourth-order valence-corrected chi connectivity index (χ4v) is 3.16. The molecule has 0 saturated heterocycles. The van der Waals surface area contributed by atoms with Gasteiger partial charge in [-0.05, 0) is 51.1 Å². The summed E-state index contributed by atoms with van der Waals surface area (Å²) < 4.78 is 0. The van der Waals surface area contributed by atoms with E-state index in [2.05, 4.69) is 45.9 Å². The van der Waals surface area contributed by atoms with Crippen LogP contribution in [0.3, 0.4) is 0 Å². The van der Waals surface area contributed by atoms with E-state index in [1.54, 1.807) is 0 Å². The summed E-state index contributed by atoms with van der Waals surface area (Å²) in [5.41, 5.74) is 0. The van der Waals surface area contributed by atoms with Crippen molar-refractivity contribution in [3.8, 4) is 0 Å². The van der Waals surface area contributed by atoms with Crippen molar-refractivity contribution in [2.45, 2.75) is 58.9 Å². The molecule has 1 unspecified atom stereocenters. The Labute approximate surface area is 132 Å². The van der Waals surface area contributed by atoms with Crippen LogP contribution < -0.4 is 10.2 Å². The van der Waals surface area contributed by atoms with Crippen molar-refractivity contribution in [3.05, 3.63) is 5.28 Å². The molecule has 0 spiro atoms. The van der Waals surface area contributed by atoms with Crippen LogP contribution in [0, 0.1) is 5.92 Å². The Bertz CT molecular complexity index is 444. The van der Waals surface area contributed by atoms with E-state index < -0.39 is 0 Å². The molecule has 118 valence electrons. The lowest BCUT2D eigenvalue weighted by Gasteiger charge is -2.28. The number of hydrogen-bond donors (Lipinski definition) is 1. The molecule has 0 amide bonds. The molecular weight excluding hydrogens is 286 g/mol. The SMILES string of the molecule is CCN(CC)c1nc(Cl)nc(NC(C)C2CCCCC2)n1. The fourth-order valence-electron chi connectivity index (χ4n) is 3.01. The van der Waals surface area contributed by atoms with Crippen LogP contribution in [-0.4, -0.2) is 34.1 Å². The molecule has 1 aliphatic carbocycles. The van der Waals surface area contributed by atoms with Gasteiger partial charge in [0.05, 0.1) is 0 Å². The van der Waals surface area contributed by atoms with Gasteiger partial charge in [-0.15, -0.1) is 0 Å². The number of rotatable bonds is 6. The lowest BCUT2D eigenvalue weighted by atomic mass is 9.85. The van der Waals surface area contributed by atoms with E-state index in [0.29, 0.717) is 23.9 Å². The number of nitrogens with zero attached hydrogens (tertiary/aromatic N) is 4. The van der Waals surface area contributed by atoms with E-state index in [9.17, 15) is 0 Å². The summed E-state index contributed by atoms with van der Waals surface area (Å²) in [6.07, 6.45) is 6.61. The molecule has 2 rings (SSSR count). The maximum Gasteiger partial charge on any atom is 0.231 e. The second-order valence-corrected chi connectivity index (χ2v) is 6.07. The Morgan fingerprint density at radius 1 is 1.14 bits per heavy atom. The van der Waals surface area contributed by atoms with Crippen LogP contribution in [0.1, 0.15) is 52.9 Å². The lowest BCUT2D eigenvalue weighted by Crippen LogP contribution is -2.30. The number of anilines is 2. The van der Waals surface area contributed by atoms with E-state index in [1.807, 2.05) is 0 Å². The molecule has 1 aromatic heterocycles. The monoisotopic (exact) mass is 311 g/mol. The van der Waals surface area contributed by atoms with Crippen LogP contribution in [0.2, 0.25) is 5.28 Å². The van der Waals surface area contributed by atoms with Crippen molar-refractivity contribution in [3.63, 3.8) is 0 Å². The summed E-state index contributed by atoms with van der Waals surface area (Å²) in [7, 11) is 0. The molecule has 1 aromatic rings. The van der Waals surface area contributed by atoms with Crippen LogP contribution in [0.15, 0.2) is 0 Å². The molecular formula is C15H26ClN5. The minimum absolute atomic E-state index is 0.255. The number of halogens is 1. The van der Waals surface area contributed by atoms with Crippen LogP contribution in [-0.2, 0) is 0 Å². The molecule has 5 nitrogen and oxygen atoms in total. The second kappa shape index (κ2) is 7.78. The minimum Gasteiger partial charge on any atom is -0.351 e. The third-order valence-electron chi connectivity index (χ3n) is 4.36. The van der Waals surface area contributed by atoms with Gasteiger partial charge in [0.2, 0.25) is 17.2 Å². The molecule has 0 radical (unpaired) electrons. The first-order chi connectivity index (χ1) is 10.1. The summed E-state index contributed by atoms with van der Waals surface area (Å²) in [6.45, 7) is 8.09. The Morgan fingerprint density at radius 3 is 2.43 bits per heavy atom. The first kappa shape index (κ1) is 16.3. The largest absolute Gasteiger partial charge is 0.351 e. The van der Waals surface area contributed by atoms with Gasteiger partial charge in [0.15, 0.2) is 0 Å². The highest BCUT2D eigenvalue weighted by Crippen LogP contribution is 2.27. The van der Waals surface area contributed by atoms with Crippen molar-refractivity contribution in [2.24, 2.45) is 5.92 Å². The van der Waals surface area contributed by atoms with Crippen LogP contribution in [0.5, 0.6) is 0 Å². The quantitative estimate of drug-likeness (QED) is 0.867. The summed E-state index contributed by atoms with van der Waals surface area (Å²) >= 11 is 6.05. The maximum absolute atomic E-state index is 6.05. The van der Waals surface area contributed by atoms with Gasteiger partial charge in [-0.2, -0.15) is 15.0 Å². The van der Waals surface area contributed by atoms with Gasteiger partial charge in [-0.3, -0.25) is 0 Å². The van der Waals surface area contributed by atoms with Gasteiger partial charge < -0.3 is 10.2 Å². The second-order valence-electron chi connectivity index (χ2n) is 5.73. The standard InChI is InChI=1S/C15H26ClN5/c1-4-21(5-2)15-19-13(16)18-14(20-15)17-11(3)12-9-7-6-8-10-12/h11-12H,4-10H2,1-3H3,(H,17,18,19,20). The zero-order valence-corrected chi connectivity index (χ0v) is 14.0. The number of aromatic nitrogens is 3. The van der Waals surface area contributed by atoms with Crippen LogP contribution in [0.4, 0.5) is 11.9 Å². The van der Waals surface area contributed by atoms with Gasteiger partial charge in [0, 0.05) is 19.1 Å². The van der Waals surface area contributed by atoms with Gasteiger partial charge in [-0.25, -0.2) is 0 Å². The summed E-state index contributed by atoms with van der Waals surface area (Å²) in [5, 5.41) is 3.68. The molecule has 1 fully saturated rings. The van der Waals surface area contributed by atoms with Crippen molar-refractivity contribution >= 4 is 23.5 Å². The van der Waals surface area contributed by atoms with E-state index in [0.717, 1.165) is 13.1 Å². The maximum atomic E-state index is 6.05. The molecule has 0 aromatic carbocycles. The van der Waals surface area contributed by atoms with Gasteiger partial charge in [0.1, 0.15) is 0 Å². The molecule has 6 heteroatoms. The van der Waals surface area contributed by atoms with Gasteiger partial charge in [-0.1, -0.05) is 19.3 Å². The smallest absolute Gasteiger partial charge is 0.231 e. The Morgan fingerprint density at radius 2 is 1.81 bits per heavy atom. The average Bonchev–Trinajstić information content (AvgIpc) is 2.49. The van der Waals surface area contributed by atoms with E-state index in [4.69, 9.17) is 11.6 Å². The Balaban J connectivity index is 2.08. The summed E-state index contributed by atoms with van der Waals surface area (Å²) in [4.78, 5) is 15.0. The van der Waals surface area contributed by atoms with Crippen LogP contribution in [0.25, 0.3) is 0 Å². The number of hydrogen-bond acceptors (Lipinski definition) is 5. The minimum atomic E-state index is 0.255. The highest BCUT2D eigenvalue weighted by molar-refractivity contribution is 6.28. The molecule has 21 heavy (non-hydrogen) atoms. The molecule has 1 heterocycles. The van der Waals surface area contributed by atoms with Crippen molar-refractivity contribution < 1.29 is 0 Å². The normalized spacial score (nSPS) is 17.5. The van der Waals surface area contributed by atoms with E-state index in [-0.39, 0.29) is 5.28 Å². The fraction of sp³-hybridized carbons (Fsp3) is 0.800. The highest BCUT2D eigenvalue weighted by atomic mass is 35.5. The van der Waals surface area contributed by atoms with Crippen molar-refractivity contribution in [1.29, 1.82) is 0 Å². The average molecular weight is 312 g/mol. The molecule has 1 aliphatic rings. The molecule has 0 aliphatic heterocycles. The predicted molar refractivity (Wildman–Crippen MR) is 88.1 cm³/mol. The van der Waals surface area contributed by atoms with Crippen LogP contribution >= 0.6 is 11.6 Å². The zero-order valence-electron chi connectivity index (χ0n) is 13.3. The first-order valence-electron chi connectivity index (χ1n) is 8.07. The van der Waals surface area contributed by atoms with Crippen molar-refractivity contribution in [2.75, 3.05) is 23.3 Å². The van der Waals surface area contributed by atoms with Gasteiger partial charge in [0.25, 0.3) is 0 Å². The summed E-state index contributed by atoms with van der Waals surface area (Å²) in [5.74, 6) is 1.94. The highest BCUT2D eigenvalue weighted by Gasteiger charge is 2.21. The van der Waals surface area contributed by atoms with E-state index in [1.165, 1.54) is 32.1 Å². The third kappa shape index (κ3) is 4.43. The molecule has 1 saturated carbocycles. The molecule has 1 atom stereocenters. The lowest BCUT2D eigenvalue weighted by molar-refractivity contribution is 0.327. The molecule has 0 bridgehead atoms. The third-order valence-corrected chi connectivity index (χ3v) is 4.53.